The van der Waals surface area contributed by atoms with Gasteiger partial charge in [-0.3, -0.25) is 0 Å². The van der Waals surface area contributed by atoms with Crippen molar-refractivity contribution in [2.75, 3.05) is 0 Å². The topological polar surface area (TPSA) is 20.2 Å². The molecule has 0 atom stereocenters. The molecule has 0 aliphatic heterocycles. The zero-order chi connectivity index (χ0) is 11.3. The number of hydrogen-bond donors (Lipinski definition) is 1. The molecule has 0 aliphatic carbocycles. The lowest BCUT2D eigenvalue weighted by atomic mass is 9.89. The Kier molecular flexibility index (Phi) is 4.67. The highest BCUT2D eigenvalue weighted by Crippen LogP contribution is 2.29. The summed E-state index contributed by atoms with van der Waals surface area (Å²) in [6.45, 7) is 6.43. The molecule has 84 valence electrons. The highest BCUT2D eigenvalue weighted by Gasteiger charge is 2.10. The van der Waals surface area contributed by atoms with E-state index in [1.165, 1.54) is 31.2 Å². The number of aromatic hydroxyl groups is 1. The number of phenols is 1. The molecule has 0 aliphatic rings. The van der Waals surface area contributed by atoms with Gasteiger partial charge in [0.05, 0.1) is 0 Å². The van der Waals surface area contributed by atoms with Crippen LogP contribution < -0.4 is 0 Å². The molecule has 0 saturated carbocycles. The van der Waals surface area contributed by atoms with Crippen molar-refractivity contribution in [3.8, 4) is 5.75 Å². The number of aryl methyl sites for hydroxylation is 1. The van der Waals surface area contributed by atoms with Gasteiger partial charge in [0.1, 0.15) is 5.75 Å². The summed E-state index contributed by atoms with van der Waals surface area (Å²) >= 11 is 0. The predicted molar refractivity (Wildman–Crippen MR) is 65.4 cm³/mol. The molecular weight excluding hydrogens is 184 g/mol. The fourth-order valence-electron chi connectivity index (χ4n) is 2.11. The lowest BCUT2D eigenvalue weighted by molar-refractivity contribution is 0.470. The molecule has 0 aromatic heterocycles. The van der Waals surface area contributed by atoms with Crippen LogP contribution in [0, 0.1) is 6.92 Å². The zero-order valence-corrected chi connectivity index (χ0v) is 10.1. The summed E-state index contributed by atoms with van der Waals surface area (Å²) in [7, 11) is 0. The van der Waals surface area contributed by atoms with Crippen LogP contribution in [0.25, 0.3) is 0 Å². The van der Waals surface area contributed by atoms with Crippen LogP contribution in [0.4, 0.5) is 0 Å². The van der Waals surface area contributed by atoms with E-state index >= 15 is 0 Å². The van der Waals surface area contributed by atoms with E-state index in [1.807, 2.05) is 13.0 Å². The van der Waals surface area contributed by atoms with Gasteiger partial charge in [-0.2, -0.15) is 0 Å². The first-order chi connectivity index (χ1) is 7.19. The van der Waals surface area contributed by atoms with Crippen molar-refractivity contribution in [1.82, 2.24) is 0 Å². The third-order valence-electron chi connectivity index (χ3n) is 2.97. The van der Waals surface area contributed by atoms with Crippen molar-refractivity contribution in [3.63, 3.8) is 0 Å². The van der Waals surface area contributed by atoms with Gasteiger partial charge >= 0.3 is 0 Å². The summed E-state index contributed by atoms with van der Waals surface area (Å²) < 4.78 is 0. The Bertz CT molecular complexity index is 298. The fourth-order valence-corrected chi connectivity index (χ4v) is 2.11. The fraction of sp³-hybridized carbons (Fsp3) is 0.571. The molecule has 0 amide bonds. The second-order valence-electron chi connectivity index (χ2n) is 4.32. The molecule has 0 heterocycles. The van der Waals surface area contributed by atoms with Crippen molar-refractivity contribution in [1.29, 1.82) is 0 Å². The lowest BCUT2D eigenvalue weighted by Crippen LogP contribution is -1.98. The Morgan fingerprint density at radius 2 is 1.73 bits per heavy atom. The summed E-state index contributed by atoms with van der Waals surface area (Å²) in [4.78, 5) is 0. The molecule has 1 aromatic rings. The van der Waals surface area contributed by atoms with Gasteiger partial charge in [0.2, 0.25) is 0 Å². The highest BCUT2D eigenvalue weighted by molar-refractivity contribution is 5.36. The number of hydrogen-bond acceptors (Lipinski definition) is 1. The Morgan fingerprint density at radius 1 is 1.13 bits per heavy atom. The first-order valence-electron chi connectivity index (χ1n) is 5.98. The molecule has 1 heteroatoms. The molecule has 0 saturated heterocycles. The lowest BCUT2D eigenvalue weighted by Gasteiger charge is -2.16. The van der Waals surface area contributed by atoms with Crippen LogP contribution in [0.1, 0.15) is 56.6 Å². The Hall–Kier alpha value is -0.980. The molecule has 1 aromatic carbocycles. The Balaban J connectivity index is 2.85. The van der Waals surface area contributed by atoms with Crippen LogP contribution >= 0.6 is 0 Å². The number of phenolic OH excluding ortho intramolecular Hbond substituents is 1. The van der Waals surface area contributed by atoms with Gasteiger partial charge in [-0.15, -0.1) is 0 Å². The number of benzene rings is 1. The van der Waals surface area contributed by atoms with Crippen molar-refractivity contribution < 1.29 is 5.11 Å². The molecule has 0 bridgehead atoms. The van der Waals surface area contributed by atoms with Crippen LogP contribution in [0.15, 0.2) is 18.2 Å². The molecule has 0 fully saturated rings. The summed E-state index contributed by atoms with van der Waals surface area (Å²) in [5.41, 5.74) is 2.37. The maximum absolute atomic E-state index is 9.49. The van der Waals surface area contributed by atoms with E-state index in [9.17, 15) is 5.11 Å². The molecule has 0 radical (unpaired) electrons. The third-order valence-corrected chi connectivity index (χ3v) is 2.97. The number of rotatable bonds is 5. The first-order valence-corrected chi connectivity index (χ1v) is 5.98. The molecule has 1 rings (SSSR count). The quantitative estimate of drug-likeness (QED) is 0.757. The molecule has 0 unspecified atom stereocenters. The Morgan fingerprint density at radius 3 is 2.20 bits per heavy atom. The summed E-state index contributed by atoms with van der Waals surface area (Å²) in [5.74, 6) is 1.07. The van der Waals surface area contributed by atoms with E-state index in [0.717, 1.165) is 5.56 Å². The van der Waals surface area contributed by atoms with Gasteiger partial charge in [0.15, 0.2) is 0 Å². The standard InChI is InChI=1S/C14H22O/c1-4-6-12(7-5-2)13-8-9-14(15)11(3)10-13/h8-10,12,15H,4-7H2,1-3H3. The van der Waals surface area contributed by atoms with Gasteiger partial charge in [-0.25, -0.2) is 0 Å². The van der Waals surface area contributed by atoms with Crippen LogP contribution in [0.5, 0.6) is 5.75 Å². The molecule has 15 heavy (non-hydrogen) atoms. The van der Waals surface area contributed by atoms with Gasteiger partial charge in [-0.1, -0.05) is 38.8 Å². The van der Waals surface area contributed by atoms with E-state index in [0.29, 0.717) is 11.7 Å². The van der Waals surface area contributed by atoms with Crippen molar-refractivity contribution >= 4 is 0 Å². The molecular formula is C14H22O. The van der Waals surface area contributed by atoms with E-state index < -0.39 is 0 Å². The minimum absolute atomic E-state index is 0.408. The summed E-state index contributed by atoms with van der Waals surface area (Å²) in [6.07, 6.45) is 4.95. The second-order valence-corrected chi connectivity index (χ2v) is 4.32. The largest absolute Gasteiger partial charge is 0.508 e. The third kappa shape index (κ3) is 3.26. The van der Waals surface area contributed by atoms with Crippen LogP contribution in [-0.2, 0) is 0 Å². The summed E-state index contributed by atoms with van der Waals surface area (Å²) in [5, 5.41) is 9.49. The van der Waals surface area contributed by atoms with Gasteiger partial charge in [0, 0.05) is 0 Å². The van der Waals surface area contributed by atoms with Crippen LogP contribution in [0.2, 0.25) is 0 Å². The van der Waals surface area contributed by atoms with E-state index in [1.54, 1.807) is 0 Å². The van der Waals surface area contributed by atoms with Gasteiger partial charge < -0.3 is 5.11 Å². The molecule has 0 spiro atoms. The second kappa shape index (κ2) is 5.79. The van der Waals surface area contributed by atoms with E-state index in [-0.39, 0.29) is 0 Å². The maximum atomic E-state index is 9.49. The van der Waals surface area contributed by atoms with Crippen molar-refractivity contribution in [3.05, 3.63) is 29.3 Å². The summed E-state index contributed by atoms with van der Waals surface area (Å²) in [6, 6.07) is 6.02. The highest BCUT2D eigenvalue weighted by atomic mass is 16.3. The SMILES string of the molecule is CCCC(CCC)c1ccc(O)c(C)c1. The zero-order valence-electron chi connectivity index (χ0n) is 10.1. The Labute approximate surface area is 93.1 Å². The van der Waals surface area contributed by atoms with Crippen molar-refractivity contribution in [2.45, 2.75) is 52.4 Å². The van der Waals surface area contributed by atoms with Crippen LogP contribution in [-0.4, -0.2) is 5.11 Å². The van der Waals surface area contributed by atoms with Gasteiger partial charge in [-0.05, 0) is 42.9 Å². The minimum atomic E-state index is 0.408. The van der Waals surface area contributed by atoms with Gasteiger partial charge in [0.25, 0.3) is 0 Å². The molecule has 1 N–H and O–H groups in total. The van der Waals surface area contributed by atoms with E-state index in [2.05, 4.69) is 26.0 Å². The predicted octanol–water partition coefficient (Wildman–Crippen LogP) is 4.38. The monoisotopic (exact) mass is 206 g/mol. The molecule has 1 nitrogen and oxygen atoms in total. The first kappa shape index (κ1) is 12.1. The van der Waals surface area contributed by atoms with E-state index in [4.69, 9.17) is 0 Å². The van der Waals surface area contributed by atoms with Crippen LogP contribution in [0.3, 0.4) is 0 Å². The maximum Gasteiger partial charge on any atom is 0.118 e. The van der Waals surface area contributed by atoms with Crippen molar-refractivity contribution in [2.24, 2.45) is 0 Å². The normalized spacial score (nSPS) is 10.9. The average molecular weight is 206 g/mol. The smallest absolute Gasteiger partial charge is 0.118 e. The minimum Gasteiger partial charge on any atom is -0.508 e. The average Bonchev–Trinajstić information content (AvgIpc) is 2.22.